The van der Waals surface area contributed by atoms with Crippen LogP contribution in [0.2, 0.25) is 0 Å². The summed E-state index contributed by atoms with van der Waals surface area (Å²) in [6, 6.07) is 0. The minimum atomic E-state index is -3.30. The molecule has 1 aliphatic heterocycles. The van der Waals surface area contributed by atoms with Gasteiger partial charge in [-0.1, -0.05) is 20.8 Å². The Labute approximate surface area is 112 Å². The standard InChI is InChI=1S/C12H27N3O2S/c1-4-7-15(11-12(2,3)10-13)18(16,17)14-8-5-6-9-14/h4-11,13H2,1-3H3. The fourth-order valence-corrected chi connectivity index (χ4v) is 4.12. The van der Waals surface area contributed by atoms with E-state index in [1.54, 1.807) is 8.61 Å². The van der Waals surface area contributed by atoms with Crippen LogP contribution in [0.5, 0.6) is 0 Å². The van der Waals surface area contributed by atoms with Gasteiger partial charge in [0.2, 0.25) is 0 Å². The van der Waals surface area contributed by atoms with Crippen LogP contribution in [0.3, 0.4) is 0 Å². The highest BCUT2D eigenvalue weighted by molar-refractivity contribution is 7.86. The third-order valence-electron chi connectivity index (χ3n) is 3.35. The van der Waals surface area contributed by atoms with Gasteiger partial charge in [-0.05, 0) is 31.2 Å². The van der Waals surface area contributed by atoms with E-state index in [1.807, 2.05) is 20.8 Å². The van der Waals surface area contributed by atoms with Crippen LogP contribution in [0.25, 0.3) is 0 Å². The summed E-state index contributed by atoms with van der Waals surface area (Å²) in [5, 5.41) is 0. The van der Waals surface area contributed by atoms with Gasteiger partial charge in [0.25, 0.3) is 10.2 Å². The van der Waals surface area contributed by atoms with E-state index in [4.69, 9.17) is 5.73 Å². The molecule has 0 amide bonds. The molecule has 0 aliphatic carbocycles. The maximum Gasteiger partial charge on any atom is 0.281 e. The first kappa shape index (κ1) is 15.9. The predicted octanol–water partition coefficient (Wildman–Crippen LogP) is 1.02. The molecule has 18 heavy (non-hydrogen) atoms. The lowest BCUT2D eigenvalue weighted by Gasteiger charge is -2.33. The van der Waals surface area contributed by atoms with Gasteiger partial charge in [0.15, 0.2) is 0 Å². The molecular weight excluding hydrogens is 250 g/mol. The van der Waals surface area contributed by atoms with Gasteiger partial charge < -0.3 is 5.73 Å². The van der Waals surface area contributed by atoms with Crippen molar-refractivity contribution in [2.75, 3.05) is 32.7 Å². The fraction of sp³-hybridized carbons (Fsp3) is 1.00. The summed E-state index contributed by atoms with van der Waals surface area (Å²) in [7, 11) is -3.30. The molecule has 0 aromatic heterocycles. The zero-order chi connectivity index (χ0) is 13.8. The van der Waals surface area contributed by atoms with Crippen molar-refractivity contribution >= 4 is 10.2 Å². The first-order chi connectivity index (χ1) is 8.33. The fourth-order valence-electron chi connectivity index (χ4n) is 2.15. The molecule has 1 aliphatic rings. The zero-order valence-electron chi connectivity index (χ0n) is 11.9. The molecule has 0 saturated carbocycles. The monoisotopic (exact) mass is 277 g/mol. The van der Waals surface area contributed by atoms with Crippen molar-refractivity contribution in [2.45, 2.75) is 40.0 Å². The summed E-state index contributed by atoms with van der Waals surface area (Å²) < 4.78 is 28.3. The van der Waals surface area contributed by atoms with E-state index in [0.29, 0.717) is 32.7 Å². The normalized spacial score (nSPS) is 18.7. The predicted molar refractivity (Wildman–Crippen MR) is 74.4 cm³/mol. The number of rotatable bonds is 7. The first-order valence-electron chi connectivity index (χ1n) is 6.79. The highest BCUT2D eigenvalue weighted by atomic mass is 32.2. The average Bonchev–Trinajstić information content (AvgIpc) is 2.82. The summed E-state index contributed by atoms with van der Waals surface area (Å²) in [6.45, 7) is 8.89. The van der Waals surface area contributed by atoms with Crippen LogP contribution >= 0.6 is 0 Å². The lowest BCUT2D eigenvalue weighted by Crippen LogP contribution is -2.48. The van der Waals surface area contributed by atoms with E-state index < -0.39 is 10.2 Å². The Kier molecular flexibility index (Phi) is 5.58. The Hall–Kier alpha value is -0.170. The molecule has 0 bridgehead atoms. The Morgan fingerprint density at radius 3 is 2.28 bits per heavy atom. The largest absolute Gasteiger partial charge is 0.330 e. The van der Waals surface area contributed by atoms with E-state index in [9.17, 15) is 8.42 Å². The molecule has 1 saturated heterocycles. The highest BCUT2D eigenvalue weighted by Gasteiger charge is 2.34. The smallest absolute Gasteiger partial charge is 0.281 e. The molecule has 2 N–H and O–H groups in total. The molecular formula is C12H27N3O2S. The van der Waals surface area contributed by atoms with E-state index in [1.165, 1.54) is 0 Å². The van der Waals surface area contributed by atoms with Gasteiger partial charge in [0.05, 0.1) is 0 Å². The van der Waals surface area contributed by atoms with Crippen molar-refractivity contribution in [1.82, 2.24) is 8.61 Å². The van der Waals surface area contributed by atoms with Crippen molar-refractivity contribution in [3.05, 3.63) is 0 Å². The quantitative estimate of drug-likeness (QED) is 0.755. The number of hydrogen-bond acceptors (Lipinski definition) is 3. The van der Waals surface area contributed by atoms with Crippen molar-refractivity contribution < 1.29 is 8.42 Å². The van der Waals surface area contributed by atoms with E-state index in [0.717, 1.165) is 19.3 Å². The summed E-state index contributed by atoms with van der Waals surface area (Å²) in [4.78, 5) is 0. The second kappa shape index (κ2) is 6.32. The van der Waals surface area contributed by atoms with Gasteiger partial charge >= 0.3 is 0 Å². The van der Waals surface area contributed by atoms with Crippen LogP contribution in [0.15, 0.2) is 0 Å². The summed E-state index contributed by atoms with van der Waals surface area (Å²) in [6.07, 6.45) is 2.77. The molecule has 5 nitrogen and oxygen atoms in total. The summed E-state index contributed by atoms with van der Waals surface area (Å²) in [5.41, 5.74) is 5.53. The van der Waals surface area contributed by atoms with E-state index in [-0.39, 0.29) is 5.41 Å². The van der Waals surface area contributed by atoms with Gasteiger partial charge in [-0.25, -0.2) is 0 Å². The first-order valence-corrected chi connectivity index (χ1v) is 8.18. The summed E-state index contributed by atoms with van der Waals surface area (Å²) >= 11 is 0. The zero-order valence-corrected chi connectivity index (χ0v) is 12.7. The van der Waals surface area contributed by atoms with Crippen molar-refractivity contribution in [3.63, 3.8) is 0 Å². The van der Waals surface area contributed by atoms with Gasteiger partial charge in [0, 0.05) is 26.2 Å². The molecule has 6 heteroatoms. The second-order valence-corrected chi connectivity index (χ2v) is 7.74. The third kappa shape index (κ3) is 3.91. The maximum absolute atomic E-state index is 12.5. The Balaban J connectivity index is 2.83. The van der Waals surface area contributed by atoms with Crippen LogP contribution in [0.4, 0.5) is 0 Å². The van der Waals surface area contributed by atoms with Crippen LogP contribution < -0.4 is 5.73 Å². The topological polar surface area (TPSA) is 66.6 Å². The average molecular weight is 277 g/mol. The van der Waals surface area contributed by atoms with Crippen molar-refractivity contribution in [2.24, 2.45) is 11.1 Å². The minimum absolute atomic E-state index is 0.179. The van der Waals surface area contributed by atoms with Crippen LogP contribution in [-0.4, -0.2) is 49.8 Å². The van der Waals surface area contributed by atoms with Crippen LogP contribution in [0, 0.1) is 5.41 Å². The molecule has 0 aromatic rings. The molecule has 0 unspecified atom stereocenters. The highest BCUT2D eigenvalue weighted by Crippen LogP contribution is 2.22. The van der Waals surface area contributed by atoms with E-state index in [2.05, 4.69) is 0 Å². The van der Waals surface area contributed by atoms with Gasteiger partial charge in [-0.3, -0.25) is 0 Å². The molecule has 1 fully saturated rings. The molecule has 0 aromatic carbocycles. The minimum Gasteiger partial charge on any atom is -0.330 e. The van der Waals surface area contributed by atoms with Crippen LogP contribution in [-0.2, 0) is 10.2 Å². The van der Waals surface area contributed by atoms with Crippen molar-refractivity contribution in [1.29, 1.82) is 0 Å². The molecule has 1 rings (SSSR count). The maximum atomic E-state index is 12.5. The molecule has 108 valence electrons. The number of hydrogen-bond donors (Lipinski definition) is 1. The Morgan fingerprint density at radius 2 is 1.83 bits per heavy atom. The second-order valence-electron chi connectivity index (χ2n) is 5.82. The third-order valence-corrected chi connectivity index (χ3v) is 5.33. The van der Waals surface area contributed by atoms with Gasteiger partial charge in [-0.2, -0.15) is 17.0 Å². The molecule has 0 atom stereocenters. The van der Waals surface area contributed by atoms with Crippen molar-refractivity contribution in [3.8, 4) is 0 Å². The van der Waals surface area contributed by atoms with E-state index >= 15 is 0 Å². The number of nitrogens with zero attached hydrogens (tertiary/aromatic N) is 2. The molecule has 1 heterocycles. The van der Waals surface area contributed by atoms with Gasteiger partial charge in [-0.15, -0.1) is 0 Å². The summed E-state index contributed by atoms with van der Waals surface area (Å²) in [5.74, 6) is 0. The number of nitrogens with two attached hydrogens (primary N) is 1. The lowest BCUT2D eigenvalue weighted by molar-refractivity contribution is 0.253. The SMILES string of the molecule is CCCN(CC(C)(C)CN)S(=O)(=O)N1CCCC1. The molecule has 0 radical (unpaired) electrons. The van der Waals surface area contributed by atoms with Gasteiger partial charge in [0.1, 0.15) is 0 Å². The Bertz CT molecular complexity index is 348. The molecule has 0 spiro atoms. The van der Waals surface area contributed by atoms with Crippen LogP contribution in [0.1, 0.15) is 40.0 Å². The lowest BCUT2D eigenvalue weighted by atomic mass is 9.94. The Morgan fingerprint density at radius 1 is 1.28 bits per heavy atom.